The molecule has 0 aromatic carbocycles. The van der Waals surface area contributed by atoms with Crippen molar-refractivity contribution in [3.63, 3.8) is 0 Å². The second-order valence-electron chi connectivity index (χ2n) is 6.31. The average Bonchev–Trinajstić information content (AvgIpc) is 2.26. The lowest BCUT2D eigenvalue weighted by molar-refractivity contribution is 0.325. The standard InChI is InChI=1S/C13H22O/c1-12(2,3)9-7-8-10(11(9)14)13(4,5)6/h7-8H2,1-6H3/p+1. The average molecular weight is 195 g/mol. The van der Waals surface area contributed by atoms with Crippen LogP contribution < -0.4 is 0 Å². The number of rotatable bonds is 0. The molecule has 0 heterocycles. The molecular formula is C13H23O+. The predicted octanol–water partition coefficient (Wildman–Crippen LogP) is 4.26. The normalized spacial score (nSPS) is 19.4. The number of allylic oxidation sites excluding steroid dienone is 2. The molecule has 0 unspecified atom stereocenters. The lowest BCUT2D eigenvalue weighted by Crippen LogP contribution is -2.18. The third-order valence-corrected chi connectivity index (χ3v) is 3.01. The van der Waals surface area contributed by atoms with E-state index in [2.05, 4.69) is 41.5 Å². The lowest BCUT2D eigenvalue weighted by Gasteiger charge is -2.19. The number of hydrogen-bond acceptors (Lipinski definition) is 1. The van der Waals surface area contributed by atoms with Gasteiger partial charge in [0, 0.05) is 0 Å². The summed E-state index contributed by atoms with van der Waals surface area (Å²) >= 11 is 0. The second-order valence-corrected chi connectivity index (χ2v) is 6.31. The summed E-state index contributed by atoms with van der Waals surface area (Å²) in [6.07, 6.45) is 2.06. The third kappa shape index (κ3) is 2.08. The van der Waals surface area contributed by atoms with Gasteiger partial charge in [0.15, 0.2) is 0 Å². The van der Waals surface area contributed by atoms with Gasteiger partial charge in [-0.2, -0.15) is 0 Å². The molecule has 14 heavy (non-hydrogen) atoms. The van der Waals surface area contributed by atoms with Gasteiger partial charge in [0.2, 0.25) is 0 Å². The Bertz CT molecular complexity index is 247. The fourth-order valence-corrected chi connectivity index (χ4v) is 2.13. The zero-order valence-corrected chi connectivity index (χ0v) is 10.4. The summed E-state index contributed by atoms with van der Waals surface area (Å²) < 4.78 is 0. The van der Waals surface area contributed by atoms with Crippen LogP contribution in [0.1, 0.15) is 54.4 Å². The molecule has 0 aromatic rings. The van der Waals surface area contributed by atoms with E-state index in [0.717, 1.165) is 12.8 Å². The van der Waals surface area contributed by atoms with Crippen LogP contribution in [-0.4, -0.2) is 5.11 Å². The third-order valence-electron chi connectivity index (χ3n) is 3.01. The van der Waals surface area contributed by atoms with E-state index in [-0.39, 0.29) is 10.8 Å². The maximum Gasteiger partial charge on any atom is 0.280 e. The fourth-order valence-electron chi connectivity index (χ4n) is 2.13. The van der Waals surface area contributed by atoms with Crippen molar-refractivity contribution >= 4 is 0 Å². The van der Waals surface area contributed by atoms with Crippen LogP contribution >= 0.6 is 0 Å². The molecule has 1 nitrogen and oxygen atoms in total. The van der Waals surface area contributed by atoms with Gasteiger partial charge in [0.05, 0.1) is 23.7 Å². The highest BCUT2D eigenvalue weighted by Gasteiger charge is 2.47. The monoisotopic (exact) mass is 195 g/mol. The zero-order valence-electron chi connectivity index (χ0n) is 10.4. The minimum absolute atomic E-state index is 0.108. The van der Waals surface area contributed by atoms with Crippen LogP contribution in [0.25, 0.3) is 0 Å². The van der Waals surface area contributed by atoms with Crippen LogP contribution in [-0.2, 0) is 0 Å². The Morgan fingerprint density at radius 3 is 1.79 bits per heavy atom. The van der Waals surface area contributed by atoms with E-state index in [1.54, 1.807) is 0 Å². The Hall–Kier alpha value is -0.590. The maximum absolute atomic E-state index is 10.2. The van der Waals surface area contributed by atoms with Gasteiger partial charge in [-0.15, -0.1) is 0 Å². The van der Waals surface area contributed by atoms with E-state index in [9.17, 15) is 5.11 Å². The molecule has 1 rings (SSSR count). The highest BCUT2D eigenvalue weighted by Crippen LogP contribution is 2.48. The molecule has 0 radical (unpaired) electrons. The highest BCUT2D eigenvalue weighted by molar-refractivity contribution is 5.36. The van der Waals surface area contributed by atoms with Gasteiger partial charge in [-0.3, -0.25) is 0 Å². The summed E-state index contributed by atoms with van der Waals surface area (Å²) in [6, 6.07) is 0. The topological polar surface area (TPSA) is 20.2 Å². The summed E-state index contributed by atoms with van der Waals surface area (Å²) in [5, 5.41) is 10.2. The predicted molar refractivity (Wildman–Crippen MR) is 61.0 cm³/mol. The molecule has 0 aromatic heterocycles. The van der Waals surface area contributed by atoms with Gasteiger partial charge in [-0.25, -0.2) is 0 Å². The van der Waals surface area contributed by atoms with E-state index in [4.69, 9.17) is 0 Å². The van der Waals surface area contributed by atoms with Gasteiger partial charge < -0.3 is 5.11 Å². The molecule has 1 aliphatic rings. The molecule has 1 aliphatic carbocycles. The van der Waals surface area contributed by atoms with Crippen molar-refractivity contribution in [1.29, 1.82) is 0 Å². The van der Waals surface area contributed by atoms with Crippen molar-refractivity contribution in [3.05, 3.63) is 17.3 Å². The molecule has 0 spiro atoms. The molecule has 1 N–H and O–H groups in total. The fraction of sp³-hybridized carbons (Fsp3) is 0.769. The minimum atomic E-state index is 0.108. The Morgan fingerprint density at radius 1 is 1.07 bits per heavy atom. The number of aliphatic hydroxyl groups is 1. The summed E-state index contributed by atoms with van der Waals surface area (Å²) in [5.41, 5.74) is 1.44. The smallest absolute Gasteiger partial charge is 0.280 e. The Kier molecular flexibility index (Phi) is 2.64. The van der Waals surface area contributed by atoms with Crippen LogP contribution in [0.3, 0.4) is 0 Å². The van der Waals surface area contributed by atoms with Crippen molar-refractivity contribution in [1.82, 2.24) is 0 Å². The van der Waals surface area contributed by atoms with E-state index in [1.165, 1.54) is 11.5 Å². The van der Waals surface area contributed by atoms with Gasteiger partial charge in [-0.1, -0.05) is 0 Å². The highest BCUT2D eigenvalue weighted by atomic mass is 16.3. The Balaban J connectivity index is 2.97. The first-order valence-corrected chi connectivity index (χ1v) is 5.43. The Morgan fingerprint density at radius 2 is 1.57 bits per heavy atom. The number of hydrogen-bond donors (Lipinski definition) is 1. The van der Waals surface area contributed by atoms with Crippen LogP contribution in [0.2, 0.25) is 0 Å². The maximum atomic E-state index is 10.2. The van der Waals surface area contributed by atoms with Gasteiger partial charge >= 0.3 is 0 Å². The van der Waals surface area contributed by atoms with Crippen LogP contribution in [0.4, 0.5) is 0 Å². The molecule has 0 saturated carbocycles. The van der Waals surface area contributed by atoms with Crippen molar-refractivity contribution in [2.24, 2.45) is 10.8 Å². The molecule has 0 saturated heterocycles. The summed E-state index contributed by atoms with van der Waals surface area (Å²) in [5.74, 6) is 1.81. The van der Waals surface area contributed by atoms with Gasteiger partial charge in [-0.05, 0) is 41.5 Å². The van der Waals surface area contributed by atoms with Crippen molar-refractivity contribution in [2.75, 3.05) is 0 Å². The summed E-state index contributed by atoms with van der Waals surface area (Å²) in [6.45, 7) is 13.0. The molecule has 80 valence electrons. The molecule has 0 aliphatic heterocycles. The first kappa shape index (κ1) is 11.5. The molecule has 0 bridgehead atoms. The van der Waals surface area contributed by atoms with E-state index in [0.29, 0.717) is 5.76 Å². The van der Waals surface area contributed by atoms with Crippen LogP contribution in [0.5, 0.6) is 0 Å². The molecular weight excluding hydrogens is 172 g/mol. The van der Waals surface area contributed by atoms with E-state index >= 15 is 0 Å². The molecule has 0 atom stereocenters. The zero-order chi connectivity index (χ0) is 11.1. The minimum Gasteiger partial charge on any atom is -0.477 e. The largest absolute Gasteiger partial charge is 0.477 e. The SMILES string of the molecule is CC(C)(C)C1=C(O)[C+](C(C)(C)C)CC1. The Labute approximate surface area is 88.2 Å². The van der Waals surface area contributed by atoms with E-state index in [1.807, 2.05) is 0 Å². The van der Waals surface area contributed by atoms with Crippen LogP contribution in [0.15, 0.2) is 11.3 Å². The van der Waals surface area contributed by atoms with Crippen molar-refractivity contribution in [2.45, 2.75) is 54.4 Å². The summed E-state index contributed by atoms with van der Waals surface area (Å²) in [4.78, 5) is 0. The first-order chi connectivity index (χ1) is 6.14. The molecule has 0 amide bonds. The van der Waals surface area contributed by atoms with Crippen LogP contribution in [0, 0.1) is 16.7 Å². The van der Waals surface area contributed by atoms with E-state index < -0.39 is 0 Å². The lowest BCUT2D eigenvalue weighted by atomic mass is 9.79. The quantitative estimate of drug-likeness (QED) is 0.573. The number of aliphatic hydroxyl groups excluding tert-OH is 1. The van der Waals surface area contributed by atoms with Crippen molar-refractivity contribution in [3.8, 4) is 0 Å². The second kappa shape index (κ2) is 3.22. The van der Waals surface area contributed by atoms with Gasteiger partial charge in [0.1, 0.15) is 11.5 Å². The first-order valence-electron chi connectivity index (χ1n) is 5.43. The van der Waals surface area contributed by atoms with Gasteiger partial charge in [0.25, 0.3) is 5.76 Å². The summed E-state index contributed by atoms with van der Waals surface area (Å²) in [7, 11) is 0. The molecule has 0 fully saturated rings. The van der Waals surface area contributed by atoms with Crippen molar-refractivity contribution < 1.29 is 5.11 Å². The molecule has 1 heteroatoms.